The number of nitro groups is 1. The number of hydrogen-bond donors (Lipinski definition) is 2. The zero-order valence-corrected chi connectivity index (χ0v) is 16.9. The van der Waals surface area contributed by atoms with Gasteiger partial charge in [0.05, 0.1) is 22.4 Å². The van der Waals surface area contributed by atoms with Crippen LogP contribution in [0.2, 0.25) is 0 Å². The molecule has 1 aliphatic carbocycles. The first kappa shape index (κ1) is 20.3. The van der Waals surface area contributed by atoms with Gasteiger partial charge in [0, 0.05) is 12.6 Å². The van der Waals surface area contributed by atoms with E-state index in [9.17, 15) is 24.5 Å². The van der Waals surface area contributed by atoms with E-state index in [1.807, 2.05) is 0 Å². The van der Waals surface area contributed by atoms with Crippen LogP contribution in [0.15, 0.2) is 18.2 Å². The van der Waals surface area contributed by atoms with Crippen molar-refractivity contribution in [1.29, 1.82) is 0 Å². The number of nitrogens with zero attached hydrogens (tertiary/aromatic N) is 2. The molecule has 0 radical (unpaired) electrons. The van der Waals surface area contributed by atoms with E-state index in [-0.39, 0.29) is 46.6 Å². The first-order chi connectivity index (χ1) is 14.4. The molecular weight excluding hydrogens is 388 g/mol. The third-order valence-electron chi connectivity index (χ3n) is 6.49. The van der Waals surface area contributed by atoms with Gasteiger partial charge < -0.3 is 10.6 Å². The summed E-state index contributed by atoms with van der Waals surface area (Å²) in [6.45, 7) is 2.67. The summed E-state index contributed by atoms with van der Waals surface area (Å²) in [4.78, 5) is 50.3. The monoisotopic (exact) mass is 414 g/mol. The summed E-state index contributed by atoms with van der Waals surface area (Å²) in [6.07, 6.45) is 4.52. The van der Waals surface area contributed by atoms with Crippen LogP contribution in [0.25, 0.3) is 0 Å². The molecule has 2 aliphatic heterocycles. The van der Waals surface area contributed by atoms with Crippen molar-refractivity contribution in [3.05, 3.63) is 28.3 Å². The van der Waals surface area contributed by atoms with Crippen LogP contribution in [0, 0.1) is 27.9 Å². The van der Waals surface area contributed by atoms with Crippen molar-refractivity contribution in [1.82, 2.24) is 5.32 Å². The molecule has 2 saturated heterocycles. The summed E-state index contributed by atoms with van der Waals surface area (Å²) in [5.74, 6) is -1.01. The van der Waals surface area contributed by atoms with Crippen LogP contribution < -0.4 is 15.5 Å². The van der Waals surface area contributed by atoms with Crippen LogP contribution in [-0.4, -0.2) is 35.2 Å². The highest BCUT2D eigenvalue weighted by atomic mass is 16.6. The van der Waals surface area contributed by atoms with E-state index in [1.165, 1.54) is 12.1 Å². The Morgan fingerprint density at radius 1 is 1.10 bits per heavy atom. The van der Waals surface area contributed by atoms with E-state index < -0.39 is 11.0 Å². The predicted octanol–water partition coefficient (Wildman–Crippen LogP) is 2.60. The molecule has 160 valence electrons. The Morgan fingerprint density at radius 3 is 2.63 bits per heavy atom. The second-order valence-corrected chi connectivity index (χ2v) is 8.59. The molecule has 0 bridgehead atoms. The molecule has 3 fully saturated rings. The van der Waals surface area contributed by atoms with Crippen LogP contribution in [0.5, 0.6) is 0 Å². The first-order valence-corrected chi connectivity index (χ1v) is 10.6. The second-order valence-electron chi connectivity index (χ2n) is 8.59. The van der Waals surface area contributed by atoms with E-state index in [1.54, 1.807) is 6.07 Å². The van der Waals surface area contributed by atoms with E-state index in [0.29, 0.717) is 31.7 Å². The summed E-state index contributed by atoms with van der Waals surface area (Å²) < 4.78 is 0. The van der Waals surface area contributed by atoms with E-state index in [2.05, 4.69) is 17.6 Å². The Bertz CT molecular complexity index is 901. The largest absolute Gasteiger partial charge is 0.368 e. The molecule has 0 aromatic heterocycles. The minimum atomic E-state index is -0.559. The number of carbonyl (C=O) groups excluding carboxylic acids is 3. The molecule has 3 aliphatic rings. The van der Waals surface area contributed by atoms with Gasteiger partial charge in [-0.1, -0.05) is 6.92 Å². The molecule has 4 atom stereocenters. The number of nitro benzene ring substituents is 1. The number of anilines is 2. The summed E-state index contributed by atoms with van der Waals surface area (Å²) >= 11 is 0. The molecule has 1 saturated carbocycles. The molecular formula is C21H26N4O5. The van der Waals surface area contributed by atoms with Crippen molar-refractivity contribution in [2.75, 3.05) is 16.8 Å². The SMILES string of the molecule is CC1CCC2C(=O)N(c3ccc(NC4CCCCNC4=O)c([N+](=O)[O-])c3)C(=O)C2C1. The van der Waals surface area contributed by atoms with Gasteiger partial charge in [-0.25, -0.2) is 4.90 Å². The highest BCUT2D eigenvalue weighted by Crippen LogP contribution is 2.43. The number of amides is 3. The second kappa shape index (κ2) is 8.04. The highest BCUT2D eigenvalue weighted by molar-refractivity contribution is 6.22. The summed E-state index contributed by atoms with van der Waals surface area (Å²) in [7, 11) is 0. The van der Waals surface area contributed by atoms with Gasteiger partial charge in [0.25, 0.3) is 5.69 Å². The van der Waals surface area contributed by atoms with E-state index in [0.717, 1.165) is 24.2 Å². The molecule has 2 N–H and O–H groups in total. The smallest absolute Gasteiger partial charge is 0.294 e. The molecule has 4 rings (SSSR count). The third kappa shape index (κ3) is 3.64. The molecule has 9 nitrogen and oxygen atoms in total. The third-order valence-corrected chi connectivity index (χ3v) is 6.49. The minimum absolute atomic E-state index is 0.186. The van der Waals surface area contributed by atoms with Crippen molar-refractivity contribution in [2.24, 2.45) is 17.8 Å². The van der Waals surface area contributed by atoms with Gasteiger partial charge in [0.2, 0.25) is 17.7 Å². The topological polar surface area (TPSA) is 122 Å². The molecule has 1 aromatic rings. The number of benzene rings is 1. The number of hydrogen-bond acceptors (Lipinski definition) is 6. The van der Waals surface area contributed by atoms with Crippen LogP contribution in [-0.2, 0) is 14.4 Å². The molecule has 3 amide bonds. The molecule has 30 heavy (non-hydrogen) atoms. The standard InChI is InChI=1S/C21H26N4O5/c1-12-5-7-14-15(10-12)21(28)24(20(14)27)13-6-8-16(18(11-13)25(29)30)23-17-4-2-3-9-22-19(17)26/h6,8,11-12,14-15,17,23H,2-5,7,9-10H2,1H3,(H,22,26). The fourth-order valence-electron chi connectivity index (χ4n) is 4.84. The zero-order chi connectivity index (χ0) is 21.4. The number of fused-ring (bicyclic) bond motifs is 1. The average molecular weight is 414 g/mol. The first-order valence-electron chi connectivity index (χ1n) is 10.6. The molecule has 1 aromatic carbocycles. The Balaban J connectivity index is 1.62. The zero-order valence-electron chi connectivity index (χ0n) is 16.9. The Morgan fingerprint density at radius 2 is 1.87 bits per heavy atom. The maximum Gasteiger partial charge on any atom is 0.294 e. The van der Waals surface area contributed by atoms with Gasteiger partial charge in [-0.15, -0.1) is 0 Å². The average Bonchev–Trinajstić information content (AvgIpc) is 2.83. The highest BCUT2D eigenvalue weighted by Gasteiger charge is 2.50. The van der Waals surface area contributed by atoms with Gasteiger partial charge in [-0.3, -0.25) is 24.5 Å². The van der Waals surface area contributed by atoms with E-state index >= 15 is 0 Å². The molecule has 2 heterocycles. The summed E-state index contributed by atoms with van der Waals surface area (Å²) in [5.41, 5.74) is 0.166. The van der Waals surface area contributed by atoms with Gasteiger partial charge >= 0.3 is 0 Å². The van der Waals surface area contributed by atoms with Gasteiger partial charge in [-0.2, -0.15) is 0 Å². The molecule has 4 unspecified atom stereocenters. The summed E-state index contributed by atoms with van der Waals surface area (Å²) in [5, 5.41) is 17.5. The fraction of sp³-hybridized carbons (Fsp3) is 0.571. The Hall–Kier alpha value is -2.97. The van der Waals surface area contributed by atoms with Crippen LogP contribution in [0.1, 0.15) is 45.4 Å². The number of imide groups is 1. The lowest BCUT2D eigenvalue weighted by Gasteiger charge is -2.25. The normalized spacial score (nSPS) is 29.2. The van der Waals surface area contributed by atoms with E-state index in [4.69, 9.17) is 0 Å². The van der Waals surface area contributed by atoms with Crippen LogP contribution in [0.3, 0.4) is 0 Å². The van der Waals surface area contributed by atoms with Gasteiger partial charge in [0.15, 0.2) is 0 Å². The van der Waals surface area contributed by atoms with Gasteiger partial charge in [0.1, 0.15) is 11.7 Å². The van der Waals surface area contributed by atoms with Gasteiger partial charge in [-0.05, 0) is 56.6 Å². The Labute approximate surface area is 174 Å². The maximum absolute atomic E-state index is 12.9. The predicted molar refractivity (Wildman–Crippen MR) is 110 cm³/mol. The number of carbonyl (C=O) groups is 3. The molecule has 0 spiro atoms. The minimum Gasteiger partial charge on any atom is -0.368 e. The molecule has 9 heteroatoms. The van der Waals surface area contributed by atoms with Crippen molar-refractivity contribution in [2.45, 2.75) is 51.5 Å². The van der Waals surface area contributed by atoms with Crippen LogP contribution in [0.4, 0.5) is 17.1 Å². The van der Waals surface area contributed by atoms with Crippen LogP contribution >= 0.6 is 0 Å². The maximum atomic E-state index is 12.9. The van der Waals surface area contributed by atoms with Crippen molar-refractivity contribution in [3.8, 4) is 0 Å². The van der Waals surface area contributed by atoms with Crippen molar-refractivity contribution < 1.29 is 19.3 Å². The van der Waals surface area contributed by atoms with Crippen molar-refractivity contribution in [3.63, 3.8) is 0 Å². The quantitative estimate of drug-likeness (QED) is 0.444. The fourth-order valence-corrected chi connectivity index (χ4v) is 4.84. The lowest BCUT2D eigenvalue weighted by atomic mass is 9.76. The lowest BCUT2D eigenvalue weighted by Crippen LogP contribution is -2.38. The lowest BCUT2D eigenvalue weighted by molar-refractivity contribution is -0.383. The Kier molecular flexibility index (Phi) is 5.44. The number of nitrogens with one attached hydrogen (secondary N) is 2. The van der Waals surface area contributed by atoms with Crippen molar-refractivity contribution >= 4 is 34.8 Å². The summed E-state index contributed by atoms with van der Waals surface area (Å²) in [6, 6.07) is 3.72. The number of rotatable bonds is 4.